The van der Waals surface area contributed by atoms with Gasteiger partial charge in [0.1, 0.15) is 0 Å². The van der Waals surface area contributed by atoms with E-state index in [0.29, 0.717) is 29.7 Å². The highest BCUT2D eigenvalue weighted by molar-refractivity contribution is 6.62. The standard InChI is InChI=1S/C17H15Cl3N2O.C2H6.CH3Cl/c18-13-3-1-12(2-4-13)16-11-21(17(20)23)9-10-22(16)15-7-5-14(19)6-8-15;2*1-2/h1-8,16H,9-11H2;1-2H3;1H3. The monoisotopic (exact) mass is 448 g/mol. The third-order valence-corrected chi connectivity index (χ3v) is 4.79. The zero-order valence-corrected chi connectivity index (χ0v) is 18.7. The number of hydrogen-bond acceptors (Lipinski definition) is 2. The molecule has 1 amide bonds. The Morgan fingerprint density at radius 2 is 1.37 bits per heavy atom. The number of benzene rings is 2. The van der Waals surface area contributed by atoms with Crippen LogP contribution in [0.4, 0.5) is 10.5 Å². The molecule has 1 unspecified atom stereocenters. The van der Waals surface area contributed by atoms with Gasteiger partial charge >= 0.3 is 5.37 Å². The first kappa shape index (κ1) is 23.9. The second-order valence-corrected chi connectivity index (χ2v) is 6.63. The molecule has 3 rings (SSSR count). The molecule has 148 valence electrons. The number of halogens is 4. The first-order valence-electron chi connectivity index (χ1n) is 8.64. The van der Waals surface area contributed by atoms with Gasteiger partial charge in [0.05, 0.1) is 6.04 Å². The maximum atomic E-state index is 11.6. The molecule has 0 aromatic heterocycles. The van der Waals surface area contributed by atoms with Gasteiger partial charge in [-0.25, -0.2) is 0 Å². The number of carbonyl (C=O) groups is 1. The van der Waals surface area contributed by atoms with E-state index >= 15 is 0 Å². The Bertz CT molecular complexity index is 692. The van der Waals surface area contributed by atoms with E-state index in [2.05, 4.69) is 16.5 Å². The van der Waals surface area contributed by atoms with Crippen LogP contribution in [0.15, 0.2) is 48.5 Å². The normalized spacial score (nSPS) is 15.9. The summed E-state index contributed by atoms with van der Waals surface area (Å²) < 4.78 is 0. The minimum atomic E-state index is -0.417. The summed E-state index contributed by atoms with van der Waals surface area (Å²) in [4.78, 5) is 15.5. The van der Waals surface area contributed by atoms with Crippen LogP contribution < -0.4 is 4.90 Å². The van der Waals surface area contributed by atoms with Crippen LogP contribution in [0.2, 0.25) is 10.0 Å². The molecule has 0 spiro atoms. The van der Waals surface area contributed by atoms with Crippen LogP contribution in [0, 0.1) is 0 Å². The maximum absolute atomic E-state index is 11.6. The van der Waals surface area contributed by atoms with Crippen molar-refractivity contribution in [3.8, 4) is 0 Å². The van der Waals surface area contributed by atoms with Crippen LogP contribution in [0.1, 0.15) is 25.5 Å². The van der Waals surface area contributed by atoms with Crippen molar-refractivity contribution < 1.29 is 4.79 Å². The topological polar surface area (TPSA) is 23.6 Å². The molecule has 2 aromatic carbocycles. The smallest absolute Gasteiger partial charge is 0.316 e. The van der Waals surface area contributed by atoms with Gasteiger partial charge < -0.3 is 9.80 Å². The van der Waals surface area contributed by atoms with E-state index < -0.39 is 5.37 Å². The maximum Gasteiger partial charge on any atom is 0.316 e. The summed E-state index contributed by atoms with van der Waals surface area (Å²) in [7, 11) is 0. The van der Waals surface area contributed by atoms with Crippen molar-refractivity contribution in [3.63, 3.8) is 0 Å². The molecule has 1 aliphatic heterocycles. The first-order valence-corrected chi connectivity index (χ1v) is 10.5. The first-order chi connectivity index (χ1) is 13.0. The lowest BCUT2D eigenvalue weighted by Gasteiger charge is -2.42. The molecule has 1 atom stereocenters. The Kier molecular flexibility index (Phi) is 10.9. The number of anilines is 1. The molecule has 0 N–H and O–H groups in total. The van der Waals surface area contributed by atoms with Crippen LogP contribution in [-0.2, 0) is 0 Å². The zero-order valence-electron chi connectivity index (χ0n) is 15.6. The molecule has 27 heavy (non-hydrogen) atoms. The largest absolute Gasteiger partial charge is 0.361 e. The number of carbonyl (C=O) groups excluding carboxylic acids is 1. The van der Waals surface area contributed by atoms with E-state index in [1.165, 1.54) is 6.38 Å². The second kappa shape index (κ2) is 12.4. The lowest BCUT2D eigenvalue weighted by molar-refractivity contribution is 0.208. The Morgan fingerprint density at radius 3 is 1.85 bits per heavy atom. The van der Waals surface area contributed by atoms with E-state index in [9.17, 15) is 4.79 Å². The predicted molar refractivity (Wildman–Crippen MR) is 119 cm³/mol. The van der Waals surface area contributed by atoms with Crippen molar-refractivity contribution in [2.24, 2.45) is 0 Å². The Balaban J connectivity index is 0.000000855. The van der Waals surface area contributed by atoms with Gasteiger partial charge in [-0.05, 0) is 53.6 Å². The van der Waals surface area contributed by atoms with Crippen LogP contribution in [0.5, 0.6) is 0 Å². The van der Waals surface area contributed by atoms with Crippen LogP contribution in [0.3, 0.4) is 0 Å². The van der Waals surface area contributed by atoms with Crippen molar-refractivity contribution >= 4 is 57.5 Å². The van der Waals surface area contributed by atoms with Gasteiger partial charge in [-0.1, -0.05) is 49.2 Å². The number of amides is 1. The fourth-order valence-corrected chi connectivity index (χ4v) is 3.26. The Labute approximate surface area is 181 Å². The van der Waals surface area contributed by atoms with Crippen molar-refractivity contribution in [1.82, 2.24) is 4.90 Å². The fourth-order valence-electron chi connectivity index (χ4n) is 2.85. The minimum Gasteiger partial charge on any atom is -0.361 e. The van der Waals surface area contributed by atoms with E-state index in [1.807, 2.05) is 62.4 Å². The number of nitrogens with zero attached hydrogens (tertiary/aromatic N) is 2. The number of piperazine rings is 1. The summed E-state index contributed by atoms with van der Waals surface area (Å²) >= 11 is 22.3. The molecule has 3 nitrogen and oxygen atoms in total. The summed E-state index contributed by atoms with van der Waals surface area (Å²) in [6.45, 7) is 5.83. The van der Waals surface area contributed by atoms with Gasteiger partial charge in [-0.15, -0.1) is 11.6 Å². The Morgan fingerprint density at radius 1 is 0.889 bits per heavy atom. The van der Waals surface area contributed by atoms with Crippen molar-refractivity contribution in [3.05, 3.63) is 64.1 Å². The highest BCUT2D eigenvalue weighted by Gasteiger charge is 2.30. The van der Waals surface area contributed by atoms with E-state index in [4.69, 9.17) is 34.8 Å². The molecule has 1 aliphatic rings. The average molecular weight is 450 g/mol. The summed E-state index contributed by atoms with van der Waals surface area (Å²) in [5, 5.41) is 0.971. The Hall–Kier alpha value is -1.13. The molecule has 0 saturated carbocycles. The van der Waals surface area contributed by atoms with Crippen LogP contribution >= 0.6 is 46.4 Å². The van der Waals surface area contributed by atoms with Gasteiger partial charge in [0.25, 0.3) is 0 Å². The highest BCUT2D eigenvalue weighted by Crippen LogP contribution is 2.32. The molecule has 1 heterocycles. The number of hydrogen-bond donors (Lipinski definition) is 0. The predicted octanol–water partition coefficient (Wildman–Crippen LogP) is 7.10. The van der Waals surface area contributed by atoms with Gasteiger partial charge in [0, 0.05) is 41.7 Å². The SMILES string of the molecule is CC.CCl.O=C(Cl)N1CCN(c2ccc(Cl)cc2)C(c2ccc(Cl)cc2)C1. The molecule has 7 heteroatoms. The molecule has 0 bridgehead atoms. The van der Waals surface area contributed by atoms with E-state index in [-0.39, 0.29) is 6.04 Å². The minimum absolute atomic E-state index is 0.0184. The third-order valence-electron chi connectivity index (χ3n) is 4.04. The van der Waals surface area contributed by atoms with Crippen molar-refractivity contribution in [2.45, 2.75) is 19.9 Å². The number of rotatable bonds is 2. The van der Waals surface area contributed by atoms with Gasteiger partial charge in [-0.3, -0.25) is 4.79 Å². The van der Waals surface area contributed by atoms with Crippen molar-refractivity contribution in [2.75, 3.05) is 30.9 Å². The van der Waals surface area contributed by atoms with Gasteiger partial charge in [-0.2, -0.15) is 0 Å². The lowest BCUT2D eigenvalue weighted by Crippen LogP contribution is -2.49. The molecular weight excluding hydrogens is 426 g/mol. The quantitative estimate of drug-likeness (QED) is 0.277. The van der Waals surface area contributed by atoms with Crippen molar-refractivity contribution in [1.29, 1.82) is 0 Å². The molecule has 2 aromatic rings. The second-order valence-electron chi connectivity index (χ2n) is 5.44. The summed E-state index contributed by atoms with van der Waals surface area (Å²) in [6.07, 6.45) is 1.47. The van der Waals surface area contributed by atoms with Gasteiger partial charge in [0.2, 0.25) is 0 Å². The summed E-state index contributed by atoms with van der Waals surface area (Å²) in [5.41, 5.74) is 2.16. The number of alkyl halides is 1. The van der Waals surface area contributed by atoms with Crippen LogP contribution in [-0.4, -0.2) is 36.3 Å². The lowest BCUT2D eigenvalue weighted by atomic mass is 10.0. The summed E-state index contributed by atoms with van der Waals surface area (Å²) in [6, 6.07) is 15.4. The highest BCUT2D eigenvalue weighted by atomic mass is 35.5. The van der Waals surface area contributed by atoms with Crippen LogP contribution in [0.25, 0.3) is 0 Å². The van der Waals surface area contributed by atoms with Gasteiger partial charge in [0.15, 0.2) is 0 Å². The molecule has 1 saturated heterocycles. The third kappa shape index (κ3) is 6.76. The molecular formula is C20H24Cl4N2O. The molecule has 0 radical (unpaired) electrons. The van der Waals surface area contributed by atoms with E-state index in [0.717, 1.165) is 11.3 Å². The molecule has 1 fully saturated rings. The fraction of sp³-hybridized carbons (Fsp3) is 0.350. The average Bonchev–Trinajstić information content (AvgIpc) is 2.72. The summed E-state index contributed by atoms with van der Waals surface area (Å²) in [5.74, 6) is 0. The zero-order chi connectivity index (χ0) is 20.4. The van der Waals surface area contributed by atoms with E-state index in [1.54, 1.807) is 4.90 Å². The molecule has 0 aliphatic carbocycles.